The first-order valence-corrected chi connectivity index (χ1v) is 2.69. The maximum Gasteiger partial charge on any atom is 0.335 e. The molecule has 0 saturated carbocycles. The lowest BCUT2D eigenvalue weighted by Gasteiger charge is -1.96. The average molecular weight is 123 g/mol. The van der Waals surface area contributed by atoms with Crippen LogP contribution < -0.4 is 0 Å². The van der Waals surface area contributed by atoms with Crippen LogP contribution in [0.5, 0.6) is 0 Å². The third-order valence-corrected chi connectivity index (χ3v) is 0.936. The molecular formula is C7H7O2. The summed E-state index contributed by atoms with van der Waals surface area (Å²) in [6, 6.07) is 0. The maximum atomic E-state index is 10.5. The summed E-state index contributed by atoms with van der Waals surface area (Å²) >= 11 is 0. The molecule has 1 aliphatic rings. The van der Waals surface area contributed by atoms with Crippen molar-refractivity contribution in [3.63, 3.8) is 0 Å². The Balaban J connectivity index is 2.77. The normalized spacial score (nSPS) is 17.4. The number of hydrogen-bond donors (Lipinski definition) is 0. The number of rotatable bonds is 0. The Bertz CT molecular complexity index is 167. The molecule has 0 unspecified atom stereocenters. The fraction of sp³-hybridized carbons (Fsp3) is 0.143. The standard InChI is InChI=1S/C7H7O2/c1-6-4-2-3-5-7(8)9-6/h2-5H,1H3. The largest absolute Gasteiger partial charge is 0.428 e. The summed E-state index contributed by atoms with van der Waals surface area (Å²) in [7, 11) is 0. The Labute approximate surface area is 53.8 Å². The van der Waals surface area contributed by atoms with Gasteiger partial charge < -0.3 is 4.74 Å². The van der Waals surface area contributed by atoms with E-state index in [1.807, 2.05) is 0 Å². The van der Waals surface area contributed by atoms with E-state index >= 15 is 0 Å². The fourth-order valence-corrected chi connectivity index (χ4v) is 0.552. The first kappa shape index (κ1) is 5.95. The average Bonchev–Trinajstić information content (AvgIpc) is 1.93. The van der Waals surface area contributed by atoms with Gasteiger partial charge in [-0.15, -0.1) is 0 Å². The molecule has 47 valence electrons. The van der Waals surface area contributed by atoms with E-state index in [1.165, 1.54) is 6.08 Å². The quantitative estimate of drug-likeness (QED) is 0.482. The molecule has 1 aliphatic heterocycles. The SMILES string of the molecule is CC1=CC=CC=C([O])O1. The molecule has 0 saturated heterocycles. The van der Waals surface area contributed by atoms with Gasteiger partial charge in [-0.25, -0.2) is 5.11 Å². The van der Waals surface area contributed by atoms with Crippen molar-refractivity contribution in [2.45, 2.75) is 6.92 Å². The highest BCUT2D eigenvalue weighted by Crippen LogP contribution is 2.06. The highest BCUT2D eigenvalue weighted by Gasteiger charge is 1.97. The Morgan fingerprint density at radius 1 is 1.33 bits per heavy atom. The molecule has 1 heterocycles. The minimum Gasteiger partial charge on any atom is -0.428 e. The van der Waals surface area contributed by atoms with Gasteiger partial charge in [0, 0.05) is 6.08 Å². The first-order valence-electron chi connectivity index (χ1n) is 2.69. The van der Waals surface area contributed by atoms with Gasteiger partial charge in [0.2, 0.25) is 0 Å². The van der Waals surface area contributed by atoms with E-state index in [9.17, 15) is 5.11 Å². The van der Waals surface area contributed by atoms with E-state index < -0.39 is 0 Å². The monoisotopic (exact) mass is 123 g/mol. The van der Waals surface area contributed by atoms with Crippen LogP contribution in [0.2, 0.25) is 0 Å². The number of ether oxygens (including phenoxy) is 1. The van der Waals surface area contributed by atoms with Crippen molar-refractivity contribution in [2.24, 2.45) is 0 Å². The van der Waals surface area contributed by atoms with Gasteiger partial charge in [0.05, 0.1) is 0 Å². The number of hydrogen-bond acceptors (Lipinski definition) is 1. The zero-order valence-electron chi connectivity index (χ0n) is 5.13. The van der Waals surface area contributed by atoms with Crippen LogP contribution in [-0.2, 0) is 9.84 Å². The lowest BCUT2D eigenvalue weighted by atomic mass is 10.4. The molecule has 2 heteroatoms. The van der Waals surface area contributed by atoms with E-state index in [1.54, 1.807) is 25.2 Å². The molecule has 0 aromatic rings. The van der Waals surface area contributed by atoms with E-state index in [0.717, 1.165) is 0 Å². The zero-order chi connectivity index (χ0) is 6.69. The van der Waals surface area contributed by atoms with Gasteiger partial charge in [0.1, 0.15) is 5.76 Å². The van der Waals surface area contributed by atoms with Gasteiger partial charge in [0.15, 0.2) is 0 Å². The smallest absolute Gasteiger partial charge is 0.335 e. The van der Waals surface area contributed by atoms with E-state index in [0.29, 0.717) is 5.76 Å². The van der Waals surface area contributed by atoms with Crippen molar-refractivity contribution in [1.82, 2.24) is 0 Å². The second-order valence-electron chi connectivity index (χ2n) is 1.75. The van der Waals surface area contributed by atoms with Crippen LogP contribution in [0.4, 0.5) is 0 Å². The molecule has 0 aromatic carbocycles. The molecule has 0 aliphatic carbocycles. The molecule has 0 N–H and O–H groups in total. The molecule has 2 nitrogen and oxygen atoms in total. The molecule has 0 fully saturated rings. The van der Waals surface area contributed by atoms with Crippen molar-refractivity contribution in [3.05, 3.63) is 36.0 Å². The van der Waals surface area contributed by atoms with Gasteiger partial charge in [0.25, 0.3) is 0 Å². The second kappa shape index (κ2) is 2.40. The highest BCUT2D eigenvalue weighted by molar-refractivity contribution is 5.17. The summed E-state index contributed by atoms with van der Waals surface area (Å²) in [6.45, 7) is 1.74. The van der Waals surface area contributed by atoms with Gasteiger partial charge >= 0.3 is 5.95 Å². The van der Waals surface area contributed by atoms with Crippen LogP contribution in [0.3, 0.4) is 0 Å². The highest BCUT2D eigenvalue weighted by atomic mass is 16.6. The van der Waals surface area contributed by atoms with Crippen LogP contribution in [-0.4, -0.2) is 0 Å². The lowest BCUT2D eigenvalue weighted by Crippen LogP contribution is -1.83. The van der Waals surface area contributed by atoms with Gasteiger partial charge in [-0.1, -0.05) is 12.2 Å². The summed E-state index contributed by atoms with van der Waals surface area (Å²) in [4.78, 5) is 0. The van der Waals surface area contributed by atoms with Crippen LogP contribution in [0.15, 0.2) is 36.0 Å². The molecule has 9 heavy (non-hydrogen) atoms. The van der Waals surface area contributed by atoms with E-state index in [2.05, 4.69) is 0 Å². The van der Waals surface area contributed by atoms with Gasteiger partial charge in [-0.05, 0) is 13.0 Å². The van der Waals surface area contributed by atoms with Crippen molar-refractivity contribution < 1.29 is 9.84 Å². The van der Waals surface area contributed by atoms with Crippen molar-refractivity contribution in [3.8, 4) is 0 Å². The molecule has 1 radical (unpaired) electrons. The van der Waals surface area contributed by atoms with E-state index in [4.69, 9.17) is 4.74 Å². The summed E-state index contributed by atoms with van der Waals surface area (Å²) in [6.07, 6.45) is 6.54. The fourth-order valence-electron chi connectivity index (χ4n) is 0.552. The summed E-state index contributed by atoms with van der Waals surface area (Å²) < 4.78 is 4.72. The molecule has 0 aromatic heterocycles. The summed E-state index contributed by atoms with van der Waals surface area (Å²) in [5.74, 6) is 0.322. The first-order chi connectivity index (χ1) is 4.29. The summed E-state index contributed by atoms with van der Waals surface area (Å²) in [5, 5.41) is 10.5. The Hall–Kier alpha value is -1.18. The maximum absolute atomic E-state index is 10.5. The Morgan fingerprint density at radius 3 is 2.78 bits per heavy atom. The van der Waals surface area contributed by atoms with Crippen LogP contribution >= 0.6 is 0 Å². The third kappa shape index (κ3) is 1.64. The molecule has 0 bridgehead atoms. The molecular weight excluding hydrogens is 116 g/mol. The van der Waals surface area contributed by atoms with Gasteiger partial charge in [-0.3, -0.25) is 0 Å². The minimum absolute atomic E-state index is 0.308. The van der Waals surface area contributed by atoms with Crippen molar-refractivity contribution >= 4 is 0 Å². The van der Waals surface area contributed by atoms with Crippen LogP contribution in [0.25, 0.3) is 0 Å². The van der Waals surface area contributed by atoms with Gasteiger partial charge in [-0.2, -0.15) is 0 Å². The van der Waals surface area contributed by atoms with Crippen LogP contribution in [0, 0.1) is 0 Å². The molecule has 0 atom stereocenters. The topological polar surface area (TPSA) is 29.1 Å². The Kier molecular flexibility index (Phi) is 1.58. The predicted octanol–water partition coefficient (Wildman–Crippen LogP) is 1.75. The van der Waals surface area contributed by atoms with Crippen LogP contribution in [0.1, 0.15) is 6.92 Å². The number of allylic oxidation sites excluding steroid dienone is 5. The summed E-state index contributed by atoms with van der Waals surface area (Å²) in [5.41, 5.74) is 0. The second-order valence-corrected chi connectivity index (χ2v) is 1.75. The minimum atomic E-state index is -0.308. The lowest BCUT2D eigenvalue weighted by molar-refractivity contribution is 0.0965. The molecule has 1 rings (SSSR count). The predicted molar refractivity (Wildman–Crippen MR) is 32.8 cm³/mol. The van der Waals surface area contributed by atoms with Crippen molar-refractivity contribution in [1.29, 1.82) is 0 Å². The van der Waals surface area contributed by atoms with E-state index in [-0.39, 0.29) is 5.95 Å². The molecule has 0 amide bonds. The zero-order valence-corrected chi connectivity index (χ0v) is 5.13. The molecule has 0 spiro atoms. The Morgan fingerprint density at radius 2 is 2.00 bits per heavy atom. The van der Waals surface area contributed by atoms with Crippen molar-refractivity contribution in [2.75, 3.05) is 0 Å². The third-order valence-electron chi connectivity index (χ3n) is 0.936.